The quantitative estimate of drug-likeness (QED) is 0.390. The molecule has 11 heteroatoms. The molecule has 1 N–H and O–H groups in total. The molecule has 0 bridgehead atoms. The van der Waals surface area contributed by atoms with Crippen LogP contribution in [0.1, 0.15) is 27.6 Å². The second kappa shape index (κ2) is 9.24. The molecule has 0 aliphatic rings. The van der Waals surface area contributed by atoms with Crippen LogP contribution in [-0.2, 0) is 14.3 Å². The second-order valence-electron chi connectivity index (χ2n) is 5.68. The minimum Gasteiger partial charge on any atom is -0.465 e. The van der Waals surface area contributed by atoms with Crippen molar-refractivity contribution in [1.29, 1.82) is 0 Å². The molecule has 2 rings (SSSR count). The number of rotatable bonds is 6. The number of carbonyl (C=O) groups excluding carboxylic acids is 3. The molecule has 0 radical (unpaired) electrons. The number of methoxy groups -OCH3 is 1. The fourth-order valence-electron chi connectivity index (χ4n) is 2.18. The number of halogens is 2. The van der Waals surface area contributed by atoms with E-state index in [1.807, 2.05) is 0 Å². The first-order valence-corrected chi connectivity index (χ1v) is 8.76. The first-order valence-electron chi connectivity index (χ1n) is 7.97. The van der Waals surface area contributed by atoms with E-state index in [0.717, 1.165) is 31.4 Å². The molecule has 0 spiro atoms. The van der Waals surface area contributed by atoms with Gasteiger partial charge in [-0.2, -0.15) is 0 Å². The first-order chi connectivity index (χ1) is 13.6. The summed E-state index contributed by atoms with van der Waals surface area (Å²) in [5.74, 6) is -3.50. The summed E-state index contributed by atoms with van der Waals surface area (Å²) in [7, 11) is 1.08. The molecule has 1 amide bonds. The summed E-state index contributed by atoms with van der Waals surface area (Å²) in [5.41, 5.74) is -1.21. The summed E-state index contributed by atoms with van der Waals surface area (Å²) >= 11 is 3.08. The van der Waals surface area contributed by atoms with Crippen molar-refractivity contribution < 1.29 is 33.2 Å². The molecule has 0 saturated carbocycles. The number of nitrogens with zero attached hydrogens (tertiary/aromatic N) is 1. The van der Waals surface area contributed by atoms with Gasteiger partial charge in [0.2, 0.25) is 0 Å². The van der Waals surface area contributed by atoms with E-state index in [4.69, 9.17) is 4.74 Å². The second-order valence-corrected chi connectivity index (χ2v) is 6.59. The number of anilines is 1. The Hall–Kier alpha value is -3.34. The molecule has 152 valence electrons. The van der Waals surface area contributed by atoms with Gasteiger partial charge in [-0.15, -0.1) is 0 Å². The number of esters is 2. The van der Waals surface area contributed by atoms with Gasteiger partial charge in [0.05, 0.1) is 28.8 Å². The minimum absolute atomic E-state index is 0.121. The summed E-state index contributed by atoms with van der Waals surface area (Å²) in [6.45, 7) is 1.24. The summed E-state index contributed by atoms with van der Waals surface area (Å²) in [6, 6.07) is 6.84. The highest BCUT2D eigenvalue weighted by molar-refractivity contribution is 9.10. The van der Waals surface area contributed by atoms with Crippen LogP contribution in [-0.4, -0.2) is 36.0 Å². The number of benzene rings is 2. The summed E-state index contributed by atoms with van der Waals surface area (Å²) in [6.07, 6.45) is -1.36. The largest absolute Gasteiger partial charge is 0.465 e. The van der Waals surface area contributed by atoms with Crippen LogP contribution in [0.5, 0.6) is 0 Å². The van der Waals surface area contributed by atoms with Gasteiger partial charge >= 0.3 is 11.9 Å². The molecule has 0 saturated heterocycles. The van der Waals surface area contributed by atoms with Crippen LogP contribution in [0.25, 0.3) is 0 Å². The van der Waals surface area contributed by atoms with Gasteiger partial charge in [0.15, 0.2) is 6.10 Å². The molecule has 29 heavy (non-hydrogen) atoms. The number of nitrogens with one attached hydrogen (secondary N) is 1. The van der Waals surface area contributed by atoms with Crippen LogP contribution in [0.2, 0.25) is 0 Å². The van der Waals surface area contributed by atoms with Crippen molar-refractivity contribution in [1.82, 2.24) is 0 Å². The number of non-ortho nitro benzene ring substituents is 1. The Morgan fingerprint density at radius 3 is 2.31 bits per heavy atom. The highest BCUT2D eigenvalue weighted by Crippen LogP contribution is 2.21. The van der Waals surface area contributed by atoms with E-state index in [-0.39, 0.29) is 16.8 Å². The monoisotopic (exact) mass is 468 g/mol. The van der Waals surface area contributed by atoms with E-state index in [1.165, 1.54) is 19.1 Å². The fourth-order valence-corrected chi connectivity index (χ4v) is 2.51. The zero-order chi connectivity index (χ0) is 21.7. The van der Waals surface area contributed by atoms with Gasteiger partial charge in [0.1, 0.15) is 5.82 Å². The van der Waals surface area contributed by atoms with Crippen molar-refractivity contribution in [3.63, 3.8) is 0 Å². The van der Waals surface area contributed by atoms with Gasteiger partial charge in [-0.1, -0.05) is 15.9 Å². The summed E-state index contributed by atoms with van der Waals surface area (Å²) in [5, 5.41) is 13.3. The smallest absolute Gasteiger partial charge is 0.339 e. The average Bonchev–Trinajstić information content (AvgIpc) is 2.68. The minimum atomic E-state index is -1.36. The number of nitro groups is 1. The predicted molar refractivity (Wildman–Crippen MR) is 102 cm³/mol. The molecular formula is C18H14BrFN2O7. The first kappa shape index (κ1) is 22.0. The number of hydrogen-bond acceptors (Lipinski definition) is 7. The Kier molecular flexibility index (Phi) is 6.99. The lowest BCUT2D eigenvalue weighted by atomic mass is 10.1. The molecule has 0 heterocycles. The van der Waals surface area contributed by atoms with E-state index in [1.54, 1.807) is 0 Å². The van der Waals surface area contributed by atoms with Crippen LogP contribution in [0, 0.1) is 15.9 Å². The highest BCUT2D eigenvalue weighted by atomic mass is 79.9. The molecule has 1 unspecified atom stereocenters. The van der Waals surface area contributed by atoms with Crippen molar-refractivity contribution in [3.8, 4) is 0 Å². The van der Waals surface area contributed by atoms with Crippen LogP contribution >= 0.6 is 15.9 Å². The van der Waals surface area contributed by atoms with Crippen molar-refractivity contribution in [2.75, 3.05) is 12.4 Å². The maximum atomic E-state index is 13.8. The third-order valence-electron chi connectivity index (χ3n) is 3.63. The molecule has 0 aliphatic heterocycles. The van der Waals surface area contributed by atoms with Gasteiger partial charge < -0.3 is 14.8 Å². The standard InChI is InChI=1S/C18H14BrFN2O7/c1-9(16(23)21-15-4-3-12(19)8-14(15)20)29-18(25)11-5-10(17(24)28-2)6-13(7-11)22(26)27/h3-9H,1-2H3,(H,21,23). The van der Waals surface area contributed by atoms with Crippen LogP contribution in [0.4, 0.5) is 15.8 Å². The van der Waals surface area contributed by atoms with Crippen LogP contribution in [0.15, 0.2) is 40.9 Å². The summed E-state index contributed by atoms with van der Waals surface area (Å²) in [4.78, 5) is 46.4. The Bertz CT molecular complexity index is 996. The van der Waals surface area contributed by atoms with E-state index in [2.05, 4.69) is 26.0 Å². The van der Waals surface area contributed by atoms with Gasteiger partial charge in [0, 0.05) is 16.6 Å². The third kappa shape index (κ3) is 5.57. The summed E-state index contributed by atoms with van der Waals surface area (Å²) < 4.78 is 23.8. The molecule has 2 aromatic carbocycles. The lowest BCUT2D eigenvalue weighted by Gasteiger charge is -2.14. The van der Waals surface area contributed by atoms with Gasteiger partial charge in [0.25, 0.3) is 11.6 Å². The maximum absolute atomic E-state index is 13.8. The average molecular weight is 469 g/mol. The van der Waals surface area contributed by atoms with Crippen LogP contribution in [0.3, 0.4) is 0 Å². The number of nitro benzene ring substituents is 1. The normalized spacial score (nSPS) is 11.3. The zero-order valence-electron chi connectivity index (χ0n) is 15.1. The topological polar surface area (TPSA) is 125 Å². The van der Waals surface area contributed by atoms with Crippen molar-refractivity contribution in [3.05, 3.63) is 67.9 Å². The highest BCUT2D eigenvalue weighted by Gasteiger charge is 2.23. The lowest BCUT2D eigenvalue weighted by molar-refractivity contribution is -0.384. The van der Waals surface area contributed by atoms with E-state index in [9.17, 15) is 28.9 Å². The molecule has 0 aliphatic carbocycles. The Balaban J connectivity index is 2.17. The van der Waals surface area contributed by atoms with E-state index >= 15 is 0 Å². The zero-order valence-corrected chi connectivity index (χ0v) is 16.7. The lowest BCUT2D eigenvalue weighted by Crippen LogP contribution is -2.30. The molecule has 2 aromatic rings. The number of carbonyl (C=O) groups is 3. The van der Waals surface area contributed by atoms with Gasteiger partial charge in [-0.25, -0.2) is 14.0 Å². The van der Waals surface area contributed by atoms with Gasteiger partial charge in [-0.3, -0.25) is 14.9 Å². The predicted octanol–water partition coefficient (Wildman–Crippen LogP) is 3.47. The molecule has 0 fully saturated rings. The molecule has 1 atom stereocenters. The Labute approximate surface area is 172 Å². The van der Waals surface area contributed by atoms with Crippen molar-refractivity contribution >= 4 is 45.2 Å². The van der Waals surface area contributed by atoms with Crippen molar-refractivity contribution in [2.45, 2.75) is 13.0 Å². The maximum Gasteiger partial charge on any atom is 0.339 e. The number of amides is 1. The Morgan fingerprint density at radius 2 is 1.76 bits per heavy atom. The third-order valence-corrected chi connectivity index (χ3v) is 4.12. The molecular weight excluding hydrogens is 455 g/mol. The van der Waals surface area contributed by atoms with Crippen LogP contribution < -0.4 is 5.32 Å². The number of ether oxygens (including phenoxy) is 2. The van der Waals surface area contributed by atoms with E-state index in [0.29, 0.717) is 4.47 Å². The van der Waals surface area contributed by atoms with E-state index < -0.39 is 40.4 Å². The van der Waals surface area contributed by atoms with Crippen molar-refractivity contribution in [2.24, 2.45) is 0 Å². The fraction of sp³-hybridized carbons (Fsp3) is 0.167. The molecule has 9 nitrogen and oxygen atoms in total. The Morgan fingerprint density at radius 1 is 1.14 bits per heavy atom. The number of hydrogen-bond donors (Lipinski definition) is 1. The van der Waals surface area contributed by atoms with Gasteiger partial charge in [-0.05, 0) is 31.2 Å². The SMILES string of the molecule is COC(=O)c1cc(C(=O)OC(C)C(=O)Nc2ccc(Br)cc2F)cc([N+](=O)[O-])c1. The molecule has 0 aromatic heterocycles.